The van der Waals surface area contributed by atoms with Gasteiger partial charge in [0.05, 0.1) is 0 Å². The van der Waals surface area contributed by atoms with Crippen molar-refractivity contribution in [3.05, 3.63) is 35.4 Å². The van der Waals surface area contributed by atoms with Crippen LogP contribution in [-0.4, -0.2) is 18.0 Å². The van der Waals surface area contributed by atoms with Crippen LogP contribution in [0, 0.1) is 0 Å². The molecule has 0 bridgehead atoms. The summed E-state index contributed by atoms with van der Waals surface area (Å²) < 4.78 is 0. The van der Waals surface area contributed by atoms with Crippen LogP contribution >= 0.6 is 0 Å². The van der Waals surface area contributed by atoms with E-state index in [1.807, 2.05) is 0 Å². The third-order valence-electron chi connectivity index (χ3n) is 2.96. The summed E-state index contributed by atoms with van der Waals surface area (Å²) in [4.78, 5) is 2.48. The molecule has 0 radical (unpaired) electrons. The highest BCUT2D eigenvalue weighted by atomic mass is 15.2. The lowest BCUT2D eigenvalue weighted by molar-refractivity contribution is 0.220. The summed E-state index contributed by atoms with van der Waals surface area (Å²) in [5, 5.41) is 0. The maximum atomic E-state index is 5.83. The topological polar surface area (TPSA) is 29.3 Å². The Morgan fingerprint density at radius 2 is 2.21 bits per heavy atom. The van der Waals surface area contributed by atoms with Crippen LogP contribution in [-0.2, 0) is 6.54 Å². The second kappa shape index (κ2) is 4.11. The molecule has 2 rings (SSSR count). The van der Waals surface area contributed by atoms with Gasteiger partial charge in [-0.15, -0.1) is 0 Å². The predicted octanol–water partition coefficient (Wildman–Crippen LogP) is 1.91. The molecule has 1 aromatic rings. The van der Waals surface area contributed by atoms with Crippen molar-refractivity contribution in [1.29, 1.82) is 0 Å². The fourth-order valence-corrected chi connectivity index (χ4v) is 2.33. The lowest BCUT2D eigenvalue weighted by Gasteiger charge is -2.22. The molecule has 1 unspecified atom stereocenters. The van der Waals surface area contributed by atoms with Gasteiger partial charge >= 0.3 is 0 Å². The highest BCUT2D eigenvalue weighted by molar-refractivity contribution is 5.34. The van der Waals surface area contributed by atoms with Crippen LogP contribution in [0.2, 0.25) is 0 Å². The Hall–Kier alpha value is -0.860. The van der Waals surface area contributed by atoms with E-state index in [0.717, 1.165) is 19.6 Å². The highest BCUT2D eigenvalue weighted by Gasteiger charge is 2.27. The van der Waals surface area contributed by atoms with Gasteiger partial charge < -0.3 is 5.73 Å². The molecule has 2 nitrogen and oxygen atoms in total. The van der Waals surface area contributed by atoms with E-state index in [9.17, 15) is 0 Å². The summed E-state index contributed by atoms with van der Waals surface area (Å²) in [6.07, 6.45) is 1.20. The molecule has 0 spiro atoms. The van der Waals surface area contributed by atoms with Gasteiger partial charge in [-0.2, -0.15) is 0 Å². The van der Waals surface area contributed by atoms with Crippen LogP contribution in [0.5, 0.6) is 0 Å². The van der Waals surface area contributed by atoms with Gasteiger partial charge in [-0.25, -0.2) is 0 Å². The minimum absolute atomic E-state index is 0.450. The molecule has 0 saturated heterocycles. The van der Waals surface area contributed by atoms with Crippen molar-refractivity contribution in [3.63, 3.8) is 0 Å². The Kier molecular flexibility index (Phi) is 2.85. The number of benzene rings is 1. The van der Waals surface area contributed by atoms with E-state index in [0.29, 0.717) is 6.04 Å². The number of fused-ring (bicyclic) bond motifs is 1. The third-order valence-corrected chi connectivity index (χ3v) is 2.96. The first-order valence-electron chi connectivity index (χ1n) is 5.38. The zero-order valence-corrected chi connectivity index (χ0v) is 8.74. The molecular formula is C12H18N2. The van der Waals surface area contributed by atoms with Crippen molar-refractivity contribution in [2.24, 2.45) is 5.73 Å². The minimum Gasteiger partial charge on any atom is -0.329 e. The number of nitrogens with zero attached hydrogens (tertiary/aromatic N) is 1. The summed E-state index contributed by atoms with van der Waals surface area (Å²) in [5.41, 5.74) is 8.72. The first kappa shape index (κ1) is 9.69. The average molecular weight is 190 g/mol. The van der Waals surface area contributed by atoms with Crippen molar-refractivity contribution >= 4 is 0 Å². The molecule has 0 saturated carbocycles. The van der Waals surface area contributed by atoms with Gasteiger partial charge in [0, 0.05) is 19.1 Å². The van der Waals surface area contributed by atoms with Gasteiger partial charge in [-0.1, -0.05) is 31.2 Å². The molecule has 1 aliphatic rings. The summed E-state index contributed by atoms with van der Waals surface area (Å²) >= 11 is 0. The molecule has 14 heavy (non-hydrogen) atoms. The lowest BCUT2D eigenvalue weighted by Crippen LogP contribution is -2.28. The van der Waals surface area contributed by atoms with Crippen molar-refractivity contribution in [1.82, 2.24) is 4.90 Å². The predicted molar refractivity (Wildman–Crippen MR) is 58.9 cm³/mol. The first-order valence-corrected chi connectivity index (χ1v) is 5.38. The maximum Gasteiger partial charge on any atom is 0.0477 e. The van der Waals surface area contributed by atoms with Gasteiger partial charge in [-0.05, 0) is 24.1 Å². The van der Waals surface area contributed by atoms with Gasteiger partial charge in [0.15, 0.2) is 0 Å². The summed E-state index contributed by atoms with van der Waals surface area (Å²) in [7, 11) is 0. The fraction of sp³-hybridized carbons (Fsp3) is 0.500. The van der Waals surface area contributed by atoms with E-state index in [1.165, 1.54) is 17.5 Å². The van der Waals surface area contributed by atoms with Gasteiger partial charge in [-0.3, -0.25) is 4.90 Å². The first-order chi connectivity index (χ1) is 6.86. The Balaban J connectivity index is 2.24. The molecule has 1 atom stereocenters. The van der Waals surface area contributed by atoms with E-state index < -0.39 is 0 Å². The second-order valence-corrected chi connectivity index (χ2v) is 3.92. The van der Waals surface area contributed by atoms with Gasteiger partial charge in [0.25, 0.3) is 0 Å². The molecule has 1 aliphatic heterocycles. The quantitative estimate of drug-likeness (QED) is 0.789. The Bertz CT molecular complexity index is 309. The maximum absolute atomic E-state index is 5.83. The van der Waals surface area contributed by atoms with Crippen molar-refractivity contribution < 1.29 is 0 Å². The molecule has 1 aromatic carbocycles. The lowest BCUT2D eigenvalue weighted by atomic mass is 10.1. The number of hydrogen-bond acceptors (Lipinski definition) is 2. The van der Waals surface area contributed by atoms with Gasteiger partial charge in [0.2, 0.25) is 0 Å². The zero-order chi connectivity index (χ0) is 9.97. The van der Waals surface area contributed by atoms with Crippen LogP contribution in [0.4, 0.5) is 0 Å². The SMILES string of the molecule is CCCN1Cc2ccccc2C1CN. The minimum atomic E-state index is 0.450. The van der Waals surface area contributed by atoms with E-state index >= 15 is 0 Å². The Morgan fingerprint density at radius 1 is 1.43 bits per heavy atom. The van der Waals surface area contributed by atoms with Crippen molar-refractivity contribution in [2.45, 2.75) is 25.9 Å². The molecule has 76 valence electrons. The van der Waals surface area contributed by atoms with E-state index in [2.05, 4.69) is 36.1 Å². The second-order valence-electron chi connectivity index (χ2n) is 3.92. The third kappa shape index (κ3) is 1.56. The average Bonchev–Trinajstić information content (AvgIpc) is 2.55. The Morgan fingerprint density at radius 3 is 2.93 bits per heavy atom. The highest BCUT2D eigenvalue weighted by Crippen LogP contribution is 2.32. The van der Waals surface area contributed by atoms with Crippen LogP contribution < -0.4 is 5.73 Å². The van der Waals surface area contributed by atoms with Crippen LogP contribution in [0.25, 0.3) is 0 Å². The molecule has 0 amide bonds. The van der Waals surface area contributed by atoms with Crippen molar-refractivity contribution in [3.8, 4) is 0 Å². The molecular weight excluding hydrogens is 172 g/mol. The van der Waals surface area contributed by atoms with E-state index in [1.54, 1.807) is 0 Å². The smallest absolute Gasteiger partial charge is 0.0477 e. The van der Waals surface area contributed by atoms with Crippen LogP contribution in [0.1, 0.15) is 30.5 Å². The standard InChI is InChI=1S/C12H18N2/c1-2-7-14-9-10-5-3-4-6-11(10)12(14)8-13/h3-6,12H,2,7-9,13H2,1H3. The van der Waals surface area contributed by atoms with Crippen LogP contribution in [0.3, 0.4) is 0 Å². The van der Waals surface area contributed by atoms with Crippen LogP contribution in [0.15, 0.2) is 24.3 Å². The normalized spacial score (nSPS) is 21.1. The monoisotopic (exact) mass is 190 g/mol. The molecule has 1 heterocycles. The molecule has 0 aliphatic carbocycles. The van der Waals surface area contributed by atoms with E-state index in [-0.39, 0.29) is 0 Å². The number of hydrogen-bond donors (Lipinski definition) is 1. The number of rotatable bonds is 3. The van der Waals surface area contributed by atoms with Gasteiger partial charge in [0.1, 0.15) is 0 Å². The fourth-order valence-electron chi connectivity index (χ4n) is 2.33. The molecule has 0 aromatic heterocycles. The Labute approximate surface area is 85.7 Å². The zero-order valence-electron chi connectivity index (χ0n) is 8.74. The summed E-state index contributed by atoms with van der Waals surface area (Å²) in [6, 6.07) is 9.10. The molecule has 0 fully saturated rings. The van der Waals surface area contributed by atoms with Crippen molar-refractivity contribution in [2.75, 3.05) is 13.1 Å². The summed E-state index contributed by atoms with van der Waals surface area (Å²) in [5.74, 6) is 0. The number of nitrogens with two attached hydrogens (primary N) is 1. The summed E-state index contributed by atoms with van der Waals surface area (Å²) in [6.45, 7) is 5.18. The molecule has 2 N–H and O–H groups in total. The molecule has 2 heteroatoms. The van der Waals surface area contributed by atoms with E-state index in [4.69, 9.17) is 5.73 Å². The largest absolute Gasteiger partial charge is 0.329 e.